The number of carbonyl (C=O) groups excluding carboxylic acids is 2. The second-order valence-electron chi connectivity index (χ2n) is 6.94. The lowest BCUT2D eigenvalue weighted by atomic mass is 10.1. The van der Waals surface area contributed by atoms with Crippen molar-refractivity contribution in [3.05, 3.63) is 94.5 Å². The fourth-order valence-corrected chi connectivity index (χ4v) is 2.92. The fraction of sp³-hybridized carbons (Fsp3) is 0.200. The normalized spacial score (nSPS) is 10.3. The second kappa shape index (κ2) is 10.3. The van der Waals surface area contributed by atoms with Crippen LogP contribution in [0.4, 0.5) is 0 Å². The molecule has 0 aliphatic heterocycles. The number of ether oxygens (including phenoxy) is 4. The summed E-state index contributed by atoms with van der Waals surface area (Å²) >= 11 is 0. The molecular weight excluding hydrogens is 396 g/mol. The summed E-state index contributed by atoms with van der Waals surface area (Å²) in [5.74, 6) is 0.641. The average molecular weight is 420 g/mol. The molecule has 0 atom stereocenters. The third-order valence-corrected chi connectivity index (χ3v) is 4.59. The van der Waals surface area contributed by atoms with Crippen LogP contribution >= 0.6 is 0 Å². The highest BCUT2D eigenvalue weighted by atomic mass is 16.5. The maximum absolute atomic E-state index is 11.5. The van der Waals surface area contributed by atoms with E-state index in [1.165, 1.54) is 14.2 Å². The van der Waals surface area contributed by atoms with Crippen LogP contribution in [0.15, 0.2) is 66.7 Å². The van der Waals surface area contributed by atoms with Crippen molar-refractivity contribution in [3.8, 4) is 11.5 Å². The van der Waals surface area contributed by atoms with Crippen LogP contribution in [-0.4, -0.2) is 26.2 Å². The molecule has 0 unspecified atom stereocenters. The van der Waals surface area contributed by atoms with Gasteiger partial charge in [0.2, 0.25) is 0 Å². The molecule has 0 aliphatic carbocycles. The van der Waals surface area contributed by atoms with Gasteiger partial charge >= 0.3 is 11.9 Å². The first-order chi connectivity index (χ1) is 15.0. The van der Waals surface area contributed by atoms with E-state index in [0.29, 0.717) is 35.8 Å². The number of carbonyl (C=O) groups is 2. The van der Waals surface area contributed by atoms with E-state index < -0.39 is 0 Å². The van der Waals surface area contributed by atoms with Crippen molar-refractivity contribution in [3.63, 3.8) is 0 Å². The van der Waals surface area contributed by atoms with Gasteiger partial charge in [-0.25, -0.2) is 9.59 Å². The minimum atomic E-state index is -0.368. The lowest BCUT2D eigenvalue weighted by molar-refractivity contribution is 0.0592. The highest BCUT2D eigenvalue weighted by Gasteiger charge is 2.07. The van der Waals surface area contributed by atoms with E-state index >= 15 is 0 Å². The molecule has 0 spiro atoms. The van der Waals surface area contributed by atoms with Crippen LogP contribution in [-0.2, 0) is 22.7 Å². The number of hydrogen-bond donors (Lipinski definition) is 0. The van der Waals surface area contributed by atoms with Gasteiger partial charge in [-0.05, 0) is 60.0 Å². The molecule has 0 saturated carbocycles. The highest BCUT2D eigenvalue weighted by Crippen LogP contribution is 2.24. The topological polar surface area (TPSA) is 71.1 Å². The number of esters is 2. The van der Waals surface area contributed by atoms with Crippen molar-refractivity contribution in [1.82, 2.24) is 0 Å². The van der Waals surface area contributed by atoms with Crippen molar-refractivity contribution >= 4 is 11.9 Å². The first kappa shape index (κ1) is 21.9. The van der Waals surface area contributed by atoms with Crippen molar-refractivity contribution in [2.24, 2.45) is 0 Å². The molecule has 0 radical (unpaired) electrons. The van der Waals surface area contributed by atoms with Crippen molar-refractivity contribution < 1.29 is 28.5 Å². The molecule has 0 bridgehead atoms. The number of hydrogen-bond acceptors (Lipinski definition) is 6. The Morgan fingerprint density at radius 2 is 1.03 bits per heavy atom. The number of aryl methyl sites for hydroxylation is 1. The predicted molar refractivity (Wildman–Crippen MR) is 115 cm³/mol. The van der Waals surface area contributed by atoms with Crippen LogP contribution in [0.25, 0.3) is 0 Å². The Morgan fingerprint density at radius 1 is 0.645 bits per heavy atom. The first-order valence-corrected chi connectivity index (χ1v) is 9.70. The van der Waals surface area contributed by atoms with Crippen LogP contribution in [0, 0.1) is 6.92 Å². The molecule has 3 aromatic rings. The summed E-state index contributed by atoms with van der Waals surface area (Å²) in [6, 6.07) is 19.9. The lowest BCUT2D eigenvalue weighted by Crippen LogP contribution is -2.02. The van der Waals surface area contributed by atoms with Gasteiger partial charge in [-0.1, -0.05) is 24.3 Å². The summed E-state index contributed by atoms with van der Waals surface area (Å²) in [6.45, 7) is 2.69. The molecule has 3 aromatic carbocycles. The van der Waals surface area contributed by atoms with Gasteiger partial charge in [0.1, 0.15) is 24.7 Å². The van der Waals surface area contributed by atoms with E-state index in [0.717, 1.165) is 16.7 Å². The van der Waals surface area contributed by atoms with Crippen LogP contribution in [0.3, 0.4) is 0 Å². The van der Waals surface area contributed by atoms with Crippen molar-refractivity contribution in [2.45, 2.75) is 20.1 Å². The van der Waals surface area contributed by atoms with Gasteiger partial charge in [-0.2, -0.15) is 0 Å². The molecule has 0 N–H and O–H groups in total. The SMILES string of the molecule is COC(=O)c1ccc(COc2cc(C)cc(OCc3ccc(C(=O)OC)cc3)c2)cc1. The Labute approximate surface area is 181 Å². The summed E-state index contributed by atoms with van der Waals surface area (Å²) in [5.41, 5.74) is 3.87. The largest absolute Gasteiger partial charge is 0.489 e. The molecule has 0 fully saturated rings. The zero-order chi connectivity index (χ0) is 22.2. The van der Waals surface area contributed by atoms with E-state index in [1.54, 1.807) is 24.3 Å². The zero-order valence-corrected chi connectivity index (χ0v) is 17.7. The van der Waals surface area contributed by atoms with Gasteiger partial charge in [-0.15, -0.1) is 0 Å². The molecule has 0 aliphatic rings. The maximum atomic E-state index is 11.5. The Balaban J connectivity index is 1.59. The molecule has 0 heterocycles. The van der Waals surface area contributed by atoms with Gasteiger partial charge in [0.25, 0.3) is 0 Å². The van der Waals surface area contributed by atoms with Crippen LogP contribution in [0.1, 0.15) is 37.4 Å². The van der Waals surface area contributed by atoms with Crippen molar-refractivity contribution in [2.75, 3.05) is 14.2 Å². The minimum Gasteiger partial charge on any atom is -0.489 e. The average Bonchev–Trinajstić information content (AvgIpc) is 2.80. The van der Waals surface area contributed by atoms with Gasteiger partial charge < -0.3 is 18.9 Å². The predicted octanol–water partition coefficient (Wildman–Crippen LogP) is 4.73. The van der Waals surface area contributed by atoms with Gasteiger partial charge in [0.15, 0.2) is 0 Å². The molecule has 3 rings (SSSR count). The summed E-state index contributed by atoms with van der Waals surface area (Å²) < 4.78 is 21.2. The number of benzene rings is 3. The summed E-state index contributed by atoms with van der Waals surface area (Å²) in [7, 11) is 2.71. The van der Waals surface area contributed by atoms with E-state index in [-0.39, 0.29) is 11.9 Å². The fourth-order valence-electron chi connectivity index (χ4n) is 2.92. The summed E-state index contributed by atoms with van der Waals surface area (Å²) in [6.07, 6.45) is 0. The molecule has 0 aromatic heterocycles. The third kappa shape index (κ3) is 6.09. The molecule has 6 nitrogen and oxygen atoms in total. The molecular formula is C25H24O6. The monoisotopic (exact) mass is 420 g/mol. The Hall–Kier alpha value is -3.80. The van der Waals surface area contributed by atoms with Gasteiger partial charge in [0.05, 0.1) is 25.3 Å². The van der Waals surface area contributed by atoms with E-state index in [2.05, 4.69) is 0 Å². The van der Waals surface area contributed by atoms with Crippen LogP contribution < -0.4 is 9.47 Å². The smallest absolute Gasteiger partial charge is 0.337 e. The molecule has 0 saturated heterocycles. The Morgan fingerprint density at radius 3 is 1.39 bits per heavy atom. The Kier molecular flexibility index (Phi) is 7.27. The lowest BCUT2D eigenvalue weighted by Gasteiger charge is -2.12. The number of rotatable bonds is 8. The van der Waals surface area contributed by atoms with Crippen molar-refractivity contribution in [1.29, 1.82) is 0 Å². The van der Waals surface area contributed by atoms with E-state index in [9.17, 15) is 9.59 Å². The molecule has 31 heavy (non-hydrogen) atoms. The van der Waals surface area contributed by atoms with Crippen LogP contribution in [0.2, 0.25) is 0 Å². The first-order valence-electron chi connectivity index (χ1n) is 9.70. The van der Waals surface area contributed by atoms with Crippen LogP contribution in [0.5, 0.6) is 11.5 Å². The molecule has 0 amide bonds. The molecule has 160 valence electrons. The highest BCUT2D eigenvalue weighted by molar-refractivity contribution is 5.89. The molecule has 6 heteroatoms. The van der Waals surface area contributed by atoms with Gasteiger partial charge in [-0.3, -0.25) is 0 Å². The van der Waals surface area contributed by atoms with Gasteiger partial charge in [0, 0.05) is 6.07 Å². The maximum Gasteiger partial charge on any atom is 0.337 e. The summed E-state index contributed by atoms with van der Waals surface area (Å²) in [4.78, 5) is 23.0. The van der Waals surface area contributed by atoms with E-state index in [4.69, 9.17) is 18.9 Å². The summed E-state index contributed by atoms with van der Waals surface area (Å²) in [5, 5.41) is 0. The third-order valence-electron chi connectivity index (χ3n) is 4.59. The second-order valence-corrected chi connectivity index (χ2v) is 6.94. The van der Waals surface area contributed by atoms with E-state index in [1.807, 2.05) is 49.4 Å². The minimum absolute atomic E-state index is 0.360. The Bertz CT molecular complexity index is 957. The number of methoxy groups -OCH3 is 2. The zero-order valence-electron chi connectivity index (χ0n) is 17.7. The standard InChI is InChI=1S/C25H24O6/c1-17-12-22(30-15-18-4-8-20(9-5-18)24(26)28-2)14-23(13-17)31-16-19-6-10-21(11-7-19)25(27)29-3/h4-14H,15-16H2,1-3H3. The quantitative estimate of drug-likeness (QED) is 0.491.